The molecule has 1 aromatic rings. The Bertz CT molecular complexity index is 544. The highest BCUT2D eigenvalue weighted by molar-refractivity contribution is 5.98. The van der Waals surface area contributed by atoms with E-state index in [0.29, 0.717) is 11.3 Å². The number of anilines is 1. The molecule has 2 N–H and O–H groups in total. The van der Waals surface area contributed by atoms with Crippen LogP contribution in [0.1, 0.15) is 55.3 Å². The van der Waals surface area contributed by atoms with Crippen molar-refractivity contribution in [2.24, 2.45) is 5.92 Å². The lowest BCUT2D eigenvalue weighted by Crippen LogP contribution is -2.24. The first-order chi connectivity index (χ1) is 10.6. The van der Waals surface area contributed by atoms with Crippen molar-refractivity contribution in [3.8, 4) is 0 Å². The Hall–Kier alpha value is -2.17. The lowest BCUT2D eigenvalue weighted by Gasteiger charge is -2.20. The third-order valence-electron chi connectivity index (χ3n) is 4.02. The number of rotatable bonds is 6. The fourth-order valence-electron chi connectivity index (χ4n) is 2.71. The second-order valence-electron chi connectivity index (χ2n) is 5.72. The minimum Gasteiger partial charge on any atom is -0.481 e. The van der Waals surface area contributed by atoms with Gasteiger partial charge in [0.25, 0.3) is 0 Å². The lowest BCUT2D eigenvalue weighted by atomic mass is 9.88. The van der Waals surface area contributed by atoms with E-state index >= 15 is 0 Å². The lowest BCUT2D eigenvalue weighted by molar-refractivity contribution is -0.137. The monoisotopic (exact) mass is 303 g/mol. The van der Waals surface area contributed by atoms with Crippen molar-refractivity contribution in [2.45, 2.75) is 44.9 Å². The minimum atomic E-state index is -0.982. The molecule has 1 saturated carbocycles. The maximum atomic E-state index is 12.1. The SMILES string of the molecule is O=C(O)CCC(=O)c1ccc(NC(=O)C2CCCCC2)cc1. The quantitative estimate of drug-likeness (QED) is 0.790. The number of Topliss-reactive ketones (excluding diaryl/α,β-unsaturated/α-hetero) is 1. The highest BCUT2D eigenvalue weighted by atomic mass is 16.4. The van der Waals surface area contributed by atoms with Crippen molar-refractivity contribution in [1.82, 2.24) is 0 Å². The van der Waals surface area contributed by atoms with Crippen molar-refractivity contribution in [3.05, 3.63) is 29.8 Å². The van der Waals surface area contributed by atoms with Gasteiger partial charge in [-0.15, -0.1) is 0 Å². The number of amides is 1. The highest BCUT2D eigenvalue weighted by Crippen LogP contribution is 2.25. The van der Waals surface area contributed by atoms with E-state index < -0.39 is 5.97 Å². The number of ketones is 1. The summed E-state index contributed by atoms with van der Waals surface area (Å²) in [6, 6.07) is 6.63. The molecule has 0 aromatic heterocycles. The van der Waals surface area contributed by atoms with Crippen molar-refractivity contribution in [3.63, 3.8) is 0 Å². The molecule has 118 valence electrons. The molecule has 0 bridgehead atoms. The van der Waals surface area contributed by atoms with E-state index in [9.17, 15) is 14.4 Å². The standard InChI is InChI=1S/C17H21NO4/c19-15(10-11-16(20)21)12-6-8-14(9-7-12)18-17(22)13-4-2-1-3-5-13/h6-9,13H,1-5,10-11H2,(H,18,22)(H,20,21). The van der Waals surface area contributed by atoms with Gasteiger partial charge in [0.1, 0.15) is 0 Å². The van der Waals surface area contributed by atoms with Gasteiger partial charge in [-0.05, 0) is 37.1 Å². The van der Waals surface area contributed by atoms with Gasteiger partial charge in [-0.3, -0.25) is 14.4 Å². The molecule has 0 atom stereocenters. The first-order valence-electron chi connectivity index (χ1n) is 7.72. The zero-order valence-corrected chi connectivity index (χ0v) is 12.5. The van der Waals surface area contributed by atoms with Gasteiger partial charge in [0.15, 0.2) is 5.78 Å². The number of carboxylic acids is 1. The van der Waals surface area contributed by atoms with Crippen LogP contribution in [0.4, 0.5) is 5.69 Å². The molecule has 1 aliphatic rings. The Morgan fingerprint density at radius 3 is 2.23 bits per heavy atom. The molecule has 1 aliphatic carbocycles. The molecule has 1 amide bonds. The molecule has 0 aliphatic heterocycles. The Balaban J connectivity index is 1.89. The summed E-state index contributed by atoms with van der Waals surface area (Å²) < 4.78 is 0. The number of carbonyl (C=O) groups excluding carboxylic acids is 2. The molecule has 0 spiro atoms. The van der Waals surface area contributed by atoms with Crippen molar-refractivity contribution in [1.29, 1.82) is 0 Å². The summed E-state index contributed by atoms with van der Waals surface area (Å²) in [7, 11) is 0. The molecule has 0 heterocycles. The maximum absolute atomic E-state index is 12.1. The third kappa shape index (κ3) is 4.69. The Labute approximate surface area is 129 Å². The molecule has 2 rings (SSSR count). The Kier molecular flexibility index (Phi) is 5.69. The van der Waals surface area contributed by atoms with Crippen LogP contribution in [0.2, 0.25) is 0 Å². The largest absolute Gasteiger partial charge is 0.481 e. The molecule has 1 fully saturated rings. The van der Waals surface area contributed by atoms with Gasteiger partial charge in [-0.1, -0.05) is 19.3 Å². The third-order valence-corrected chi connectivity index (χ3v) is 4.02. The molecular weight excluding hydrogens is 282 g/mol. The smallest absolute Gasteiger partial charge is 0.303 e. The summed E-state index contributed by atoms with van der Waals surface area (Å²) in [5.41, 5.74) is 1.14. The molecular formula is C17H21NO4. The van der Waals surface area contributed by atoms with Gasteiger partial charge in [-0.2, -0.15) is 0 Å². The number of hydrogen-bond donors (Lipinski definition) is 2. The summed E-state index contributed by atoms with van der Waals surface area (Å²) >= 11 is 0. The zero-order chi connectivity index (χ0) is 15.9. The van der Waals surface area contributed by atoms with E-state index in [1.165, 1.54) is 6.42 Å². The maximum Gasteiger partial charge on any atom is 0.303 e. The molecule has 0 saturated heterocycles. The van der Waals surface area contributed by atoms with E-state index in [-0.39, 0.29) is 30.4 Å². The highest BCUT2D eigenvalue weighted by Gasteiger charge is 2.21. The van der Waals surface area contributed by atoms with Crippen LogP contribution in [-0.4, -0.2) is 22.8 Å². The van der Waals surface area contributed by atoms with E-state index in [2.05, 4.69) is 5.32 Å². The minimum absolute atomic E-state index is 0.0108. The van der Waals surface area contributed by atoms with Crippen molar-refractivity contribution < 1.29 is 19.5 Å². The van der Waals surface area contributed by atoms with Gasteiger partial charge in [0.2, 0.25) is 5.91 Å². The number of carbonyl (C=O) groups is 3. The number of nitrogens with one attached hydrogen (secondary N) is 1. The van der Waals surface area contributed by atoms with Crippen molar-refractivity contribution >= 4 is 23.3 Å². The number of hydrogen-bond acceptors (Lipinski definition) is 3. The number of aliphatic carboxylic acids is 1. The summed E-state index contributed by atoms with van der Waals surface area (Å²) in [5.74, 6) is -1.05. The molecule has 0 unspecified atom stereocenters. The van der Waals surface area contributed by atoms with Gasteiger partial charge < -0.3 is 10.4 Å². The molecule has 22 heavy (non-hydrogen) atoms. The van der Waals surface area contributed by atoms with Crippen LogP contribution in [0, 0.1) is 5.92 Å². The van der Waals surface area contributed by atoms with Crippen LogP contribution >= 0.6 is 0 Å². The van der Waals surface area contributed by atoms with E-state index in [4.69, 9.17) is 5.11 Å². The zero-order valence-electron chi connectivity index (χ0n) is 12.5. The summed E-state index contributed by atoms with van der Waals surface area (Å²) in [5, 5.41) is 11.5. The van der Waals surface area contributed by atoms with Gasteiger partial charge in [0.05, 0.1) is 6.42 Å². The van der Waals surface area contributed by atoms with Crippen LogP contribution in [0.15, 0.2) is 24.3 Å². The van der Waals surface area contributed by atoms with Gasteiger partial charge >= 0.3 is 5.97 Å². The Morgan fingerprint density at radius 1 is 1.00 bits per heavy atom. The van der Waals surface area contributed by atoms with Crippen LogP contribution in [-0.2, 0) is 9.59 Å². The van der Waals surface area contributed by atoms with Crippen LogP contribution in [0.5, 0.6) is 0 Å². The van der Waals surface area contributed by atoms with Crippen LogP contribution in [0.25, 0.3) is 0 Å². The van der Waals surface area contributed by atoms with E-state index in [1.54, 1.807) is 24.3 Å². The second kappa shape index (κ2) is 7.73. The average molecular weight is 303 g/mol. The first kappa shape index (κ1) is 16.2. The van der Waals surface area contributed by atoms with E-state index in [0.717, 1.165) is 25.7 Å². The fraction of sp³-hybridized carbons (Fsp3) is 0.471. The fourth-order valence-corrected chi connectivity index (χ4v) is 2.71. The Morgan fingerprint density at radius 2 is 1.64 bits per heavy atom. The van der Waals surface area contributed by atoms with Gasteiger partial charge in [0, 0.05) is 23.6 Å². The normalized spacial score (nSPS) is 15.3. The predicted molar refractivity (Wildman–Crippen MR) is 82.8 cm³/mol. The molecule has 1 aromatic carbocycles. The topological polar surface area (TPSA) is 83.5 Å². The van der Waals surface area contributed by atoms with Crippen LogP contribution in [0.3, 0.4) is 0 Å². The summed E-state index contributed by atoms with van der Waals surface area (Å²) in [4.78, 5) is 34.4. The number of benzene rings is 1. The summed E-state index contributed by atoms with van der Waals surface area (Å²) in [6.07, 6.45) is 5.12. The first-order valence-corrected chi connectivity index (χ1v) is 7.72. The average Bonchev–Trinajstić information content (AvgIpc) is 2.54. The van der Waals surface area contributed by atoms with Gasteiger partial charge in [-0.25, -0.2) is 0 Å². The second-order valence-corrected chi connectivity index (χ2v) is 5.72. The van der Waals surface area contributed by atoms with Crippen molar-refractivity contribution in [2.75, 3.05) is 5.32 Å². The van der Waals surface area contributed by atoms with Crippen LogP contribution < -0.4 is 5.32 Å². The predicted octanol–water partition coefficient (Wildman–Crippen LogP) is 3.25. The molecule has 0 radical (unpaired) electrons. The van der Waals surface area contributed by atoms with E-state index in [1.807, 2.05) is 0 Å². The molecule has 5 heteroatoms. The summed E-state index contributed by atoms with van der Waals surface area (Å²) in [6.45, 7) is 0. The molecule has 5 nitrogen and oxygen atoms in total. The number of carboxylic acid groups (broad SMARTS) is 1.